The highest BCUT2D eigenvalue weighted by Gasteiger charge is 2.18. The van der Waals surface area contributed by atoms with E-state index in [0.29, 0.717) is 37.8 Å². The molecule has 3 aromatic carbocycles. The molecule has 4 rings (SSSR count). The minimum absolute atomic E-state index is 0.181. The van der Waals surface area contributed by atoms with Crippen LogP contribution in [0.4, 0.5) is 0 Å². The molecule has 0 aliphatic rings. The molecule has 0 atom stereocenters. The predicted molar refractivity (Wildman–Crippen MR) is 157 cm³/mol. The number of hydrogen-bond donors (Lipinski definition) is 0. The van der Waals surface area contributed by atoms with Gasteiger partial charge in [-0.2, -0.15) is 4.98 Å². The molecule has 0 amide bonds. The Labute approximate surface area is 237 Å². The molecule has 0 fully saturated rings. The number of rotatable bonds is 11. The fourth-order valence-corrected chi connectivity index (χ4v) is 4.66. The topological polar surface area (TPSA) is 77.7 Å². The average molecular weight is 542 g/mol. The van der Waals surface area contributed by atoms with Gasteiger partial charge in [0.05, 0.1) is 13.0 Å². The van der Waals surface area contributed by atoms with Gasteiger partial charge in [0.15, 0.2) is 0 Å². The normalized spacial score (nSPS) is 11.7. The molecule has 0 N–H and O–H groups in total. The number of carbonyl (C=O) groups excluding carboxylic acids is 1. The van der Waals surface area contributed by atoms with Crippen LogP contribution < -0.4 is 0 Å². The first-order valence-corrected chi connectivity index (χ1v) is 13.7. The summed E-state index contributed by atoms with van der Waals surface area (Å²) in [6.45, 7) is 12.5. The quantitative estimate of drug-likeness (QED) is 0.188. The monoisotopic (exact) mass is 541 g/mol. The van der Waals surface area contributed by atoms with Gasteiger partial charge >= 0.3 is 5.97 Å². The van der Waals surface area contributed by atoms with Crippen LogP contribution in [0, 0.1) is 6.92 Å². The Morgan fingerprint density at radius 3 is 2.50 bits per heavy atom. The minimum atomic E-state index is -0.472. The SMILES string of the molecule is CCN(CCC(=O)OC(C)(C)C)Cc1cccc(-c2noc(-c3ccc(-c4ccccc4C)c(COC)c3)n2)c1. The van der Waals surface area contributed by atoms with E-state index < -0.39 is 5.60 Å². The molecule has 1 aromatic heterocycles. The van der Waals surface area contributed by atoms with Gasteiger partial charge in [0, 0.05) is 31.3 Å². The molecule has 0 bridgehead atoms. The maximum Gasteiger partial charge on any atom is 0.307 e. The summed E-state index contributed by atoms with van der Waals surface area (Å²) in [6, 6.07) is 22.6. The number of aromatic nitrogens is 2. The predicted octanol–water partition coefficient (Wildman–Crippen LogP) is 7.08. The van der Waals surface area contributed by atoms with E-state index in [1.165, 1.54) is 11.1 Å². The second-order valence-corrected chi connectivity index (χ2v) is 10.9. The van der Waals surface area contributed by atoms with Crippen molar-refractivity contribution in [3.05, 3.63) is 83.4 Å². The van der Waals surface area contributed by atoms with Gasteiger partial charge in [-0.25, -0.2) is 0 Å². The van der Waals surface area contributed by atoms with Crippen LogP contribution in [0.15, 0.2) is 71.3 Å². The van der Waals surface area contributed by atoms with Gasteiger partial charge < -0.3 is 14.0 Å². The van der Waals surface area contributed by atoms with E-state index in [-0.39, 0.29) is 5.97 Å². The summed E-state index contributed by atoms with van der Waals surface area (Å²) >= 11 is 0. The number of nitrogens with zero attached hydrogens (tertiary/aromatic N) is 3. The van der Waals surface area contributed by atoms with Crippen LogP contribution in [-0.4, -0.2) is 46.8 Å². The number of methoxy groups -OCH3 is 1. The van der Waals surface area contributed by atoms with Crippen molar-refractivity contribution in [2.24, 2.45) is 0 Å². The van der Waals surface area contributed by atoms with Crippen LogP contribution in [0.1, 0.15) is 50.8 Å². The number of esters is 1. The molecule has 0 aliphatic carbocycles. The molecule has 0 saturated heterocycles. The van der Waals surface area contributed by atoms with Crippen molar-refractivity contribution in [2.75, 3.05) is 20.2 Å². The first-order chi connectivity index (χ1) is 19.2. The highest BCUT2D eigenvalue weighted by molar-refractivity contribution is 5.74. The lowest BCUT2D eigenvalue weighted by Gasteiger charge is -2.23. The van der Waals surface area contributed by atoms with E-state index in [2.05, 4.69) is 60.3 Å². The van der Waals surface area contributed by atoms with Crippen molar-refractivity contribution in [1.82, 2.24) is 15.0 Å². The third kappa shape index (κ3) is 7.64. The first-order valence-electron chi connectivity index (χ1n) is 13.7. The maximum atomic E-state index is 12.2. The molecular weight excluding hydrogens is 502 g/mol. The standard InChI is InChI=1S/C33H39N3O4/c1-7-36(18-17-30(37)39-33(3,4)5)21-24-12-10-13-25(19-24)31-34-32(40-35-31)26-15-16-29(27(20-26)22-38-6)28-14-9-8-11-23(28)2/h8-16,19-20H,7,17-18,21-22H2,1-6H3. The summed E-state index contributed by atoms with van der Waals surface area (Å²) in [5.41, 5.74) is 6.93. The minimum Gasteiger partial charge on any atom is -0.460 e. The van der Waals surface area contributed by atoms with Crippen molar-refractivity contribution in [3.63, 3.8) is 0 Å². The molecule has 0 radical (unpaired) electrons. The lowest BCUT2D eigenvalue weighted by molar-refractivity contribution is -0.155. The molecule has 0 spiro atoms. The summed E-state index contributed by atoms with van der Waals surface area (Å²) in [5.74, 6) is 0.811. The number of benzene rings is 3. The van der Waals surface area contributed by atoms with Crippen LogP contribution in [0.3, 0.4) is 0 Å². The largest absolute Gasteiger partial charge is 0.460 e. The van der Waals surface area contributed by atoms with E-state index >= 15 is 0 Å². The Kier molecular flexibility index (Phi) is 9.50. The van der Waals surface area contributed by atoms with Crippen LogP contribution in [0.25, 0.3) is 34.0 Å². The number of hydrogen-bond acceptors (Lipinski definition) is 7. The summed E-state index contributed by atoms with van der Waals surface area (Å²) < 4.78 is 16.6. The Morgan fingerprint density at radius 2 is 1.77 bits per heavy atom. The van der Waals surface area contributed by atoms with Crippen molar-refractivity contribution in [2.45, 2.75) is 59.8 Å². The van der Waals surface area contributed by atoms with Crippen LogP contribution in [-0.2, 0) is 27.4 Å². The molecule has 210 valence electrons. The van der Waals surface area contributed by atoms with E-state index in [1.807, 2.05) is 51.1 Å². The van der Waals surface area contributed by atoms with Crippen molar-refractivity contribution in [3.8, 4) is 34.0 Å². The Balaban J connectivity index is 1.50. The average Bonchev–Trinajstić information content (AvgIpc) is 3.41. The third-order valence-corrected chi connectivity index (χ3v) is 6.60. The van der Waals surface area contributed by atoms with E-state index in [9.17, 15) is 4.79 Å². The second kappa shape index (κ2) is 13.0. The summed E-state index contributed by atoms with van der Waals surface area (Å²) in [4.78, 5) is 19.1. The van der Waals surface area contributed by atoms with Gasteiger partial charge in [0.25, 0.3) is 5.89 Å². The van der Waals surface area contributed by atoms with E-state index in [1.54, 1.807) is 7.11 Å². The smallest absolute Gasteiger partial charge is 0.307 e. The molecule has 7 nitrogen and oxygen atoms in total. The molecule has 7 heteroatoms. The van der Waals surface area contributed by atoms with Crippen molar-refractivity contribution in [1.29, 1.82) is 0 Å². The Morgan fingerprint density at radius 1 is 0.975 bits per heavy atom. The zero-order valence-corrected chi connectivity index (χ0v) is 24.4. The molecule has 0 aliphatic heterocycles. The highest BCUT2D eigenvalue weighted by Crippen LogP contribution is 2.32. The fourth-order valence-electron chi connectivity index (χ4n) is 4.66. The van der Waals surface area contributed by atoms with Crippen LogP contribution in [0.2, 0.25) is 0 Å². The molecule has 4 aromatic rings. The Bertz CT molecular complexity index is 1440. The number of ether oxygens (including phenoxy) is 2. The van der Waals surface area contributed by atoms with Crippen LogP contribution >= 0.6 is 0 Å². The zero-order chi connectivity index (χ0) is 28.7. The van der Waals surface area contributed by atoms with E-state index in [0.717, 1.165) is 34.4 Å². The third-order valence-electron chi connectivity index (χ3n) is 6.60. The summed E-state index contributed by atoms with van der Waals surface area (Å²) in [7, 11) is 1.70. The number of aryl methyl sites for hydroxylation is 1. The molecule has 0 unspecified atom stereocenters. The second-order valence-electron chi connectivity index (χ2n) is 10.9. The molecule has 1 heterocycles. The molecule has 40 heavy (non-hydrogen) atoms. The van der Waals surface area contributed by atoms with Gasteiger partial charge in [-0.15, -0.1) is 0 Å². The fraction of sp³-hybridized carbons (Fsp3) is 0.364. The van der Waals surface area contributed by atoms with E-state index in [4.69, 9.17) is 19.0 Å². The highest BCUT2D eigenvalue weighted by atomic mass is 16.6. The molecule has 0 saturated carbocycles. The number of carbonyl (C=O) groups is 1. The van der Waals surface area contributed by atoms with Gasteiger partial charge in [0.1, 0.15) is 5.60 Å². The van der Waals surface area contributed by atoms with Crippen molar-refractivity contribution < 1.29 is 18.8 Å². The van der Waals surface area contributed by atoms with Gasteiger partial charge in [-0.1, -0.05) is 60.6 Å². The Hall–Kier alpha value is -3.81. The van der Waals surface area contributed by atoms with Crippen molar-refractivity contribution >= 4 is 5.97 Å². The first kappa shape index (κ1) is 29.2. The zero-order valence-electron chi connectivity index (χ0n) is 24.4. The van der Waals surface area contributed by atoms with Gasteiger partial charge in [-0.3, -0.25) is 9.69 Å². The maximum absolute atomic E-state index is 12.2. The lowest BCUT2D eigenvalue weighted by Crippen LogP contribution is -2.29. The summed E-state index contributed by atoms with van der Waals surface area (Å²) in [5, 5.41) is 4.28. The summed E-state index contributed by atoms with van der Waals surface area (Å²) in [6.07, 6.45) is 0.354. The lowest BCUT2D eigenvalue weighted by atomic mass is 9.94. The van der Waals surface area contributed by atoms with Gasteiger partial charge in [-0.05, 0) is 80.3 Å². The molecular formula is C33H39N3O4. The van der Waals surface area contributed by atoms with Crippen LogP contribution in [0.5, 0.6) is 0 Å². The van der Waals surface area contributed by atoms with Gasteiger partial charge in [0.2, 0.25) is 5.82 Å².